The summed E-state index contributed by atoms with van der Waals surface area (Å²) < 4.78 is 15.5. The third kappa shape index (κ3) is 9.53. The van der Waals surface area contributed by atoms with Crippen molar-refractivity contribution in [2.45, 2.75) is 89.9 Å². The van der Waals surface area contributed by atoms with Gasteiger partial charge in [0.2, 0.25) is 0 Å². The first-order chi connectivity index (χ1) is 25.6. The zero-order valence-corrected chi connectivity index (χ0v) is 39.2. The summed E-state index contributed by atoms with van der Waals surface area (Å²) in [7, 11) is 11.8. The van der Waals surface area contributed by atoms with E-state index in [1.165, 1.54) is 71.1 Å². The Morgan fingerprint density at radius 3 is 1.92 bits per heavy atom. The van der Waals surface area contributed by atoms with Gasteiger partial charge in [0.1, 0.15) is 0 Å². The van der Waals surface area contributed by atoms with Gasteiger partial charge >= 0.3 is 328 Å². The zero-order chi connectivity index (χ0) is 37.6. The minimum absolute atomic E-state index is 0.123. The summed E-state index contributed by atoms with van der Waals surface area (Å²) in [6.45, 7) is 11.5. The van der Waals surface area contributed by atoms with Gasteiger partial charge in [-0.2, -0.15) is 0 Å². The van der Waals surface area contributed by atoms with Gasteiger partial charge in [-0.05, 0) is 0 Å². The van der Waals surface area contributed by atoms with E-state index in [0.717, 1.165) is 51.6 Å². The van der Waals surface area contributed by atoms with Crippen LogP contribution in [0.4, 0.5) is 11.4 Å². The number of methoxy groups -OCH3 is 2. The Labute approximate surface area is 340 Å². The molecule has 0 spiro atoms. The average molecular weight is 918 g/mol. The summed E-state index contributed by atoms with van der Waals surface area (Å²) in [5, 5.41) is 0. The fraction of sp³-hybridized carbons (Fsp3) is 0.537. The van der Waals surface area contributed by atoms with Crippen LogP contribution in [0.5, 0.6) is 0 Å². The molecule has 2 aromatic carbocycles. The van der Waals surface area contributed by atoms with E-state index in [9.17, 15) is 9.59 Å². The number of hydrogen-bond donors (Lipinski definition) is 0. The summed E-state index contributed by atoms with van der Waals surface area (Å²) in [6.07, 6.45) is 13.8. The number of anilines is 1. The third-order valence-corrected chi connectivity index (χ3v) is 38.1. The molecule has 0 amide bonds. The van der Waals surface area contributed by atoms with Crippen molar-refractivity contribution >= 4 is 103 Å². The van der Waals surface area contributed by atoms with Crippen LogP contribution in [0.3, 0.4) is 0 Å². The predicted molar refractivity (Wildman–Crippen MR) is 235 cm³/mol. The fourth-order valence-corrected chi connectivity index (χ4v) is 36.0. The molecule has 4 heterocycles. The van der Waals surface area contributed by atoms with Gasteiger partial charge in [-0.15, -0.1) is 0 Å². The average Bonchev–Trinajstić information content (AvgIpc) is 3.96. The van der Waals surface area contributed by atoms with Gasteiger partial charge in [-0.25, -0.2) is 0 Å². The molecule has 0 radical (unpaired) electrons. The number of carbonyl (C=O) groups excluding carboxylic acids is 2. The molecule has 2 aromatic rings. The van der Waals surface area contributed by atoms with Crippen LogP contribution in [0.25, 0.3) is 0 Å². The minimum atomic E-state index is -1.11. The number of esters is 2. The molecule has 12 heteroatoms. The van der Waals surface area contributed by atoms with Gasteiger partial charge in [0, 0.05) is 0 Å². The molecule has 2 fully saturated rings. The van der Waals surface area contributed by atoms with Crippen LogP contribution in [-0.4, -0.2) is 97.2 Å². The molecular weight excluding hydrogens is 863 g/mol. The monoisotopic (exact) mass is 917 g/mol. The molecule has 0 aliphatic carbocycles. The number of benzene rings is 2. The number of ether oxygens (including phenoxy) is 2. The molecule has 0 N–H and O–H groups in total. The first kappa shape index (κ1) is 41.5. The number of fused-ring (bicyclic) bond motifs is 2. The van der Waals surface area contributed by atoms with Crippen molar-refractivity contribution in [2.75, 3.05) is 55.2 Å². The summed E-state index contributed by atoms with van der Waals surface area (Å²) in [6, 6.07) is 14.7. The summed E-state index contributed by atoms with van der Waals surface area (Å²) in [4.78, 5) is 26.1. The first-order valence-electron chi connectivity index (χ1n) is 18.9. The van der Waals surface area contributed by atoms with Gasteiger partial charge in [-0.1, -0.05) is 0 Å². The van der Waals surface area contributed by atoms with Crippen molar-refractivity contribution in [3.05, 3.63) is 71.5 Å². The van der Waals surface area contributed by atoms with E-state index in [1.54, 1.807) is 8.70 Å². The molecule has 286 valence electrons. The number of unbranched alkanes of at least 4 members (excludes halogenated alkanes) is 4. The van der Waals surface area contributed by atoms with E-state index < -0.39 is 24.7 Å². The maximum absolute atomic E-state index is 11.8. The first-order valence-corrected chi connectivity index (χ1v) is 33.8. The Morgan fingerprint density at radius 1 is 0.755 bits per heavy atom. The molecule has 4 aliphatic rings. The molecule has 2 saturated heterocycles. The van der Waals surface area contributed by atoms with E-state index in [-0.39, 0.29) is 22.8 Å². The van der Waals surface area contributed by atoms with Gasteiger partial charge in [0.15, 0.2) is 0 Å². The summed E-state index contributed by atoms with van der Waals surface area (Å²) >= 11 is -2.22. The molecule has 4 aliphatic heterocycles. The van der Waals surface area contributed by atoms with Crippen LogP contribution in [-0.2, 0) is 29.9 Å². The normalized spacial score (nSPS) is 20.2. The molecule has 0 unspecified atom stereocenters. The third-order valence-electron chi connectivity index (χ3n) is 10.7. The van der Waals surface area contributed by atoms with Crippen LogP contribution < -0.4 is 13.6 Å². The Bertz CT molecular complexity index is 1750. The number of carbonyl (C=O) groups is 2. The zero-order valence-electron chi connectivity index (χ0n) is 32.2. The molecule has 6 rings (SSSR count). The number of nitrogens with zero attached hydrogens (tertiary/aromatic N) is 2. The Balaban J connectivity index is 1.30. The Morgan fingerprint density at radius 2 is 1.32 bits per heavy atom. The number of allylic oxidation sites excluding steroid dienone is 4. The van der Waals surface area contributed by atoms with Gasteiger partial charge in [0.05, 0.1) is 14.2 Å². The second-order valence-corrected chi connectivity index (χ2v) is 38.4. The second kappa shape index (κ2) is 18.9. The fourth-order valence-electron chi connectivity index (χ4n) is 7.76. The Kier molecular flexibility index (Phi) is 14.8. The van der Waals surface area contributed by atoms with Crippen molar-refractivity contribution < 1.29 is 23.6 Å². The molecule has 0 bridgehead atoms. The van der Waals surface area contributed by atoms with E-state index in [4.69, 9.17) is 9.47 Å². The molecule has 53 heavy (non-hydrogen) atoms. The van der Waals surface area contributed by atoms with Crippen LogP contribution >= 0.6 is 40.1 Å². The Hall–Kier alpha value is -1.15. The number of rotatable bonds is 16. The molecular formula is C41H55As2N2O4S4+. The van der Waals surface area contributed by atoms with Crippen molar-refractivity contribution in [1.29, 1.82) is 0 Å². The topological polar surface area (TPSA) is 58.8 Å². The maximum atomic E-state index is 11.8. The molecule has 0 saturated carbocycles. The van der Waals surface area contributed by atoms with Crippen LogP contribution in [0, 0.1) is 0 Å². The molecule has 0 aromatic heterocycles. The molecule has 0 atom stereocenters. The van der Waals surface area contributed by atoms with Crippen molar-refractivity contribution in [3.8, 4) is 0 Å². The van der Waals surface area contributed by atoms with Crippen molar-refractivity contribution in [3.63, 3.8) is 0 Å². The molecule has 6 nitrogen and oxygen atoms in total. The van der Waals surface area contributed by atoms with Crippen LogP contribution in [0.15, 0.2) is 60.3 Å². The second-order valence-electron chi connectivity index (χ2n) is 14.9. The van der Waals surface area contributed by atoms with Crippen LogP contribution in [0.1, 0.15) is 90.2 Å². The van der Waals surface area contributed by atoms with E-state index in [2.05, 4.69) is 132 Å². The van der Waals surface area contributed by atoms with Gasteiger partial charge in [-0.3, -0.25) is 0 Å². The van der Waals surface area contributed by atoms with Gasteiger partial charge in [0.25, 0.3) is 0 Å². The SMILES string of the molecule is COC(=O)CCCCCN1/C(=C/C=C/C2=[N+](CCCCCC(=O)OC)c3ccc([As]4SCCS4)cc3C2(C)C)C(C)(C)c2cc([As]3SCCS3)ccc21. The summed E-state index contributed by atoms with van der Waals surface area (Å²) in [5.74, 6) is 4.88. The number of hydrogen-bond acceptors (Lipinski definition) is 9. The summed E-state index contributed by atoms with van der Waals surface area (Å²) in [5.41, 5.74) is 8.00. The van der Waals surface area contributed by atoms with Crippen molar-refractivity contribution in [1.82, 2.24) is 0 Å². The van der Waals surface area contributed by atoms with Crippen molar-refractivity contribution in [2.24, 2.45) is 0 Å². The van der Waals surface area contributed by atoms with E-state index in [1.807, 2.05) is 0 Å². The predicted octanol–water partition coefficient (Wildman–Crippen LogP) is 8.12. The van der Waals surface area contributed by atoms with Crippen LogP contribution in [0.2, 0.25) is 0 Å². The standard InChI is InChI=1S/C41H55As2N2O4S4/c1-40(2)32-28-30(42-50-24-25-51-42)18-20-34(32)44(22-11-7-9-16-38(46)48-5)36(40)14-13-15-37-41(3,4)33-29-31(43-52-26-27-53-43)19-21-35(33)45(37)23-12-8-10-17-39(47)49-6/h13-15,18-21,28-29H,7-12,16-17,22-27H2,1-6H3/q+1. The van der Waals surface area contributed by atoms with E-state index in [0.29, 0.717) is 12.8 Å². The van der Waals surface area contributed by atoms with E-state index >= 15 is 0 Å². The van der Waals surface area contributed by atoms with Gasteiger partial charge < -0.3 is 0 Å². The quantitative estimate of drug-likeness (QED) is 0.0720.